The molecule has 11 heteroatoms. The summed E-state index contributed by atoms with van der Waals surface area (Å²) in [6.07, 6.45) is 0. The fourth-order valence-electron chi connectivity index (χ4n) is 5.08. The first-order chi connectivity index (χ1) is 18.6. The number of benzene rings is 3. The van der Waals surface area contributed by atoms with Crippen LogP contribution in [-0.2, 0) is 14.8 Å². The number of urea groups is 1. The van der Waals surface area contributed by atoms with Crippen LogP contribution in [0.1, 0.15) is 11.1 Å². The van der Waals surface area contributed by atoms with Crippen LogP contribution in [0, 0.1) is 19.7 Å². The second-order valence-electron chi connectivity index (χ2n) is 9.69. The monoisotopic (exact) mass is 570 g/mol. The first kappa shape index (κ1) is 27.0. The van der Waals surface area contributed by atoms with E-state index in [0.717, 1.165) is 22.9 Å². The largest absolute Gasteiger partial charge is 0.368 e. The van der Waals surface area contributed by atoms with Crippen molar-refractivity contribution < 1.29 is 22.4 Å². The average Bonchev–Trinajstić information content (AvgIpc) is 3.29. The van der Waals surface area contributed by atoms with Crippen molar-refractivity contribution in [3.8, 4) is 0 Å². The van der Waals surface area contributed by atoms with Gasteiger partial charge in [0.2, 0.25) is 5.91 Å². The lowest BCUT2D eigenvalue weighted by atomic mass is 10.1. The van der Waals surface area contributed by atoms with E-state index < -0.39 is 39.4 Å². The van der Waals surface area contributed by atoms with E-state index in [4.69, 9.17) is 11.6 Å². The highest BCUT2D eigenvalue weighted by atomic mass is 35.5. The third-order valence-electron chi connectivity index (χ3n) is 7.17. The lowest BCUT2D eigenvalue weighted by Gasteiger charge is -2.38. The quantitative estimate of drug-likeness (QED) is 0.453. The topological polar surface area (TPSA) is 81.2 Å². The molecule has 3 amide bonds. The number of sulfonamides is 1. The van der Waals surface area contributed by atoms with Crippen molar-refractivity contribution >= 4 is 44.9 Å². The Kier molecular flexibility index (Phi) is 7.26. The van der Waals surface area contributed by atoms with Crippen molar-refractivity contribution in [1.82, 2.24) is 9.21 Å². The smallest absolute Gasteiger partial charge is 0.339 e. The first-order valence-electron chi connectivity index (χ1n) is 12.6. The lowest BCUT2D eigenvalue weighted by Crippen LogP contribution is -2.55. The summed E-state index contributed by atoms with van der Waals surface area (Å²) in [5.74, 6) is -1.51. The number of aryl methyl sites for hydroxylation is 2. The molecule has 3 aromatic carbocycles. The molecule has 0 aliphatic carbocycles. The third kappa shape index (κ3) is 4.94. The summed E-state index contributed by atoms with van der Waals surface area (Å²) >= 11 is 5.82. The number of carbonyl (C=O) groups excluding carboxylic acids is 2. The molecule has 2 heterocycles. The van der Waals surface area contributed by atoms with Crippen molar-refractivity contribution in [2.24, 2.45) is 0 Å². The molecule has 2 saturated heterocycles. The van der Waals surface area contributed by atoms with Crippen LogP contribution >= 0.6 is 11.6 Å². The molecule has 0 N–H and O–H groups in total. The second-order valence-corrected chi connectivity index (χ2v) is 11.9. The van der Waals surface area contributed by atoms with Crippen LogP contribution in [0.3, 0.4) is 0 Å². The van der Waals surface area contributed by atoms with Gasteiger partial charge in [0.05, 0.1) is 11.6 Å². The zero-order valence-corrected chi connectivity index (χ0v) is 23.1. The Morgan fingerprint density at radius 2 is 1.64 bits per heavy atom. The SMILES string of the molecule is Cc1ccc(C)c(N2CCN(C(=O)[C@@H]3CN(S(=O)(=O)c4cccc(Cl)c4F)C(=O)N3c3ccccc3)CC2)c1. The summed E-state index contributed by atoms with van der Waals surface area (Å²) in [6, 6.07) is 16.2. The van der Waals surface area contributed by atoms with Gasteiger partial charge in [0.25, 0.3) is 10.0 Å². The summed E-state index contributed by atoms with van der Waals surface area (Å²) in [5.41, 5.74) is 3.78. The second kappa shape index (κ2) is 10.5. The van der Waals surface area contributed by atoms with Crippen molar-refractivity contribution in [1.29, 1.82) is 0 Å². The van der Waals surface area contributed by atoms with Gasteiger partial charge in [-0.1, -0.05) is 48.0 Å². The van der Waals surface area contributed by atoms with Crippen LogP contribution in [0.4, 0.5) is 20.6 Å². The fraction of sp³-hybridized carbons (Fsp3) is 0.286. The van der Waals surface area contributed by atoms with E-state index in [-0.39, 0.29) is 10.9 Å². The van der Waals surface area contributed by atoms with Gasteiger partial charge in [-0.2, -0.15) is 0 Å². The minimum absolute atomic E-state index is 0.364. The van der Waals surface area contributed by atoms with E-state index in [0.29, 0.717) is 36.2 Å². The maximum absolute atomic E-state index is 14.7. The Morgan fingerprint density at radius 3 is 2.33 bits per heavy atom. The summed E-state index contributed by atoms with van der Waals surface area (Å²) in [7, 11) is -4.63. The maximum atomic E-state index is 14.7. The molecule has 5 rings (SSSR count). The zero-order chi connectivity index (χ0) is 27.9. The van der Waals surface area contributed by atoms with Gasteiger partial charge in [0.15, 0.2) is 5.82 Å². The van der Waals surface area contributed by atoms with Crippen LogP contribution in [0.5, 0.6) is 0 Å². The Hall–Kier alpha value is -3.63. The zero-order valence-electron chi connectivity index (χ0n) is 21.5. The number of para-hydroxylation sites is 1. The van der Waals surface area contributed by atoms with E-state index in [1.807, 2.05) is 13.8 Å². The predicted octanol–water partition coefficient (Wildman–Crippen LogP) is 4.44. The molecule has 8 nitrogen and oxygen atoms in total. The summed E-state index contributed by atoms with van der Waals surface area (Å²) in [5, 5.41) is -0.378. The number of halogens is 2. The Bertz CT molecular complexity index is 1530. The maximum Gasteiger partial charge on any atom is 0.339 e. The number of hydrogen-bond donors (Lipinski definition) is 0. The highest BCUT2D eigenvalue weighted by Crippen LogP contribution is 2.33. The molecule has 3 aromatic rings. The molecule has 2 aliphatic rings. The summed E-state index contributed by atoms with van der Waals surface area (Å²) in [4.78, 5) is 31.7. The third-order valence-corrected chi connectivity index (χ3v) is 9.22. The Balaban J connectivity index is 1.42. The van der Waals surface area contributed by atoms with Crippen LogP contribution < -0.4 is 9.80 Å². The molecular formula is C28H28ClFN4O4S. The number of amides is 3. The van der Waals surface area contributed by atoms with Crippen molar-refractivity contribution in [2.75, 3.05) is 42.5 Å². The normalized spacial score (nSPS) is 18.2. The molecule has 0 aromatic heterocycles. The fourth-order valence-corrected chi connectivity index (χ4v) is 6.77. The highest BCUT2D eigenvalue weighted by molar-refractivity contribution is 7.89. The molecule has 1 atom stereocenters. The van der Waals surface area contributed by atoms with E-state index >= 15 is 0 Å². The number of nitrogens with zero attached hydrogens (tertiary/aromatic N) is 4. The number of piperazine rings is 1. The minimum Gasteiger partial charge on any atom is -0.368 e. The van der Waals surface area contributed by atoms with Gasteiger partial charge < -0.3 is 9.80 Å². The van der Waals surface area contributed by atoms with Gasteiger partial charge in [-0.25, -0.2) is 21.9 Å². The van der Waals surface area contributed by atoms with Gasteiger partial charge in [-0.15, -0.1) is 0 Å². The van der Waals surface area contributed by atoms with Crippen molar-refractivity contribution in [3.63, 3.8) is 0 Å². The Morgan fingerprint density at radius 1 is 0.949 bits per heavy atom. The van der Waals surface area contributed by atoms with Crippen molar-refractivity contribution in [3.05, 3.63) is 88.7 Å². The number of anilines is 2. The molecule has 0 radical (unpaired) electrons. The van der Waals surface area contributed by atoms with Gasteiger partial charge in [0, 0.05) is 37.6 Å². The lowest BCUT2D eigenvalue weighted by molar-refractivity contribution is -0.132. The van der Waals surface area contributed by atoms with Crippen LogP contribution in [0.2, 0.25) is 5.02 Å². The molecular weight excluding hydrogens is 543 g/mol. The minimum atomic E-state index is -4.63. The van der Waals surface area contributed by atoms with E-state index in [1.165, 1.54) is 17.0 Å². The summed E-state index contributed by atoms with van der Waals surface area (Å²) < 4.78 is 42.2. The Labute approximate surface area is 232 Å². The van der Waals surface area contributed by atoms with Crippen LogP contribution in [0.25, 0.3) is 0 Å². The molecule has 2 aliphatic heterocycles. The molecule has 204 valence electrons. The van der Waals surface area contributed by atoms with E-state index in [2.05, 4.69) is 23.1 Å². The standard InChI is InChI=1S/C28H28ClFN4O4S/c1-19-11-12-20(2)23(17-19)31-13-15-32(16-14-31)27(35)24-18-33(28(36)34(24)21-7-4-3-5-8-21)39(37,38)25-10-6-9-22(29)26(25)30/h3-12,17,24H,13-16,18H2,1-2H3/t24-/m0/s1. The van der Waals surface area contributed by atoms with E-state index in [9.17, 15) is 22.4 Å². The predicted molar refractivity (Wildman–Crippen MR) is 148 cm³/mol. The number of rotatable bonds is 5. The molecule has 0 spiro atoms. The van der Waals surface area contributed by atoms with Gasteiger partial charge in [0.1, 0.15) is 10.9 Å². The van der Waals surface area contributed by atoms with Crippen molar-refractivity contribution in [2.45, 2.75) is 24.8 Å². The first-order valence-corrected chi connectivity index (χ1v) is 14.4. The number of carbonyl (C=O) groups is 2. The van der Waals surface area contributed by atoms with E-state index in [1.54, 1.807) is 35.2 Å². The van der Waals surface area contributed by atoms with Gasteiger partial charge in [-0.3, -0.25) is 9.69 Å². The van der Waals surface area contributed by atoms with Crippen LogP contribution in [0.15, 0.2) is 71.6 Å². The molecule has 0 unspecified atom stereocenters. The molecule has 0 saturated carbocycles. The molecule has 2 fully saturated rings. The van der Waals surface area contributed by atoms with Crippen LogP contribution in [-0.4, -0.2) is 68.3 Å². The molecule has 39 heavy (non-hydrogen) atoms. The summed E-state index contributed by atoms with van der Waals surface area (Å²) in [6.45, 7) is 5.65. The van der Waals surface area contributed by atoms with Gasteiger partial charge in [-0.05, 0) is 55.3 Å². The molecule has 0 bridgehead atoms. The van der Waals surface area contributed by atoms with Gasteiger partial charge >= 0.3 is 6.03 Å². The average molecular weight is 571 g/mol. The number of hydrogen-bond acceptors (Lipinski definition) is 5. The highest BCUT2D eigenvalue weighted by Gasteiger charge is 2.49.